The van der Waals surface area contributed by atoms with Crippen molar-refractivity contribution >= 4 is 8.53 Å². The molecule has 0 spiro atoms. The standard InChI is InChI=1S/C24H40NO2P/c1-3-9-19-17(7-1)11-13-21-23(19)24-20-10-4-2-8-18(20)12-14-22(24)27-28(26-21)25-15-5-6-16-25/h17-24H,1-16H2. The number of hydrogen-bond donors (Lipinski definition) is 0. The molecule has 0 bridgehead atoms. The Balaban J connectivity index is 1.34. The fraction of sp³-hybridized carbons (Fsp3) is 1.00. The van der Waals surface area contributed by atoms with Gasteiger partial charge in [0.15, 0.2) is 0 Å². The lowest BCUT2D eigenvalue weighted by atomic mass is 9.53. The van der Waals surface area contributed by atoms with E-state index < -0.39 is 8.53 Å². The van der Waals surface area contributed by atoms with Gasteiger partial charge in [0.1, 0.15) is 0 Å². The van der Waals surface area contributed by atoms with Crippen LogP contribution in [0.2, 0.25) is 0 Å². The predicted molar refractivity (Wildman–Crippen MR) is 114 cm³/mol. The van der Waals surface area contributed by atoms with Crippen molar-refractivity contribution in [1.82, 2.24) is 4.67 Å². The minimum Gasteiger partial charge on any atom is -0.318 e. The highest BCUT2D eigenvalue weighted by Gasteiger charge is 2.55. The Kier molecular flexibility index (Phi) is 5.51. The van der Waals surface area contributed by atoms with Crippen LogP contribution in [-0.4, -0.2) is 30.0 Å². The van der Waals surface area contributed by atoms with E-state index in [1.165, 1.54) is 103 Å². The molecule has 0 aromatic heterocycles. The van der Waals surface area contributed by atoms with Crippen molar-refractivity contribution in [2.75, 3.05) is 13.1 Å². The van der Waals surface area contributed by atoms with Crippen LogP contribution in [0.25, 0.3) is 0 Å². The van der Waals surface area contributed by atoms with E-state index in [0.29, 0.717) is 12.2 Å². The molecule has 3 nitrogen and oxygen atoms in total. The van der Waals surface area contributed by atoms with E-state index in [9.17, 15) is 0 Å². The highest BCUT2D eigenvalue weighted by atomic mass is 31.2. The topological polar surface area (TPSA) is 21.7 Å². The van der Waals surface area contributed by atoms with Crippen LogP contribution in [0.1, 0.15) is 89.9 Å². The molecule has 28 heavy (non-hydrogen) atoms. The van der Waals surface area contributed by atoms with Crippen molar-refractivity contribution in [3.63, 3.8) is 0 Å². The highest BCUT2D eigenvalue weighted by Crippen LogP contribution is 2.62. The minimum atomic E-state index is -0.802. The first-order chi connectivity index (χ1) is 13.9. The first-order valence-corrected chi connectivity index (χ1v) is 13.9. The van der Waals surface area contributed by atoms with Gasteiger partial charge < -0.3 is 9.05 Å². The Hall–Kier alpha value is 0.310. The summed E-state index contributed by atoms with van der Waals surface area (Å²) in [5.74, 6) is 5.50. The summed E-state index contributed by atoms with van der Waals surface area (Å²) in [5, 5.41) is 0. The van der Waals surface area contributed by atoms with Gasteiger partial charge in [-0.25, -0.2) is 4.67 Å². The Labute approximate surface area is 173 Å². The monoisotopic (exact) mass is 405 g/mol. The molecule has 0 radical (unpaired) electrons. The zero-order valence-electron chi connectivity index (χ0n) is 17.6. The van der Waals surface area contributed by atoms with E-state index >= 15 is 0 Å². The van der Waals surface area contributed by atoms with Crippen LogP contribution in [0.5, 0.6) is 0 Å². The fourth-order valence-corrected chi connectivity index (χ4v) is 10.3. The Bertz CT molecular complexity index is 513. The lowest BCUT2D eigenvalue weighted by molar-refractivity contribution is -0.0856. The van der Waals surface area contributed by atoms with Gasteiger partial charge in [0, 0.05) is 13.1 Å². The molecule has 0 aromatic rings. The van der Waals surface area contributed by atoms with E-state index in [1.54, 1.807) is 0 Å². The first-order valence-electron chi connectivity index (χ1n) is 12.8. The van der Waals surface area contributed by atoms with Gasteiger partial charge in [-0.05, 0) is 86.9 Å². The fourth-order valence-electron chi connectivity index (χ4n) is 8.46. The van der Waals surface area contributed by atoms with E-state index in [4.69, 9.17) is 9.05 Å². The van der Waals surface area contributed by atoms with Crippen molar-refractivity contribution in [2.24, 2.45) is 35.5 Å². The molecular formula is C24H40NO2P. The summed E-state index contributed by atoms with van der Waals surface area (Å²) in [6, 6.07) is 0. The molecule has 0 aromatic carbocycles. The molecule has 4 saturated carbocycles. The number of nitrogens with zero attached hydrogens (tertiary/aromatic N) is 1. The van der Waals surface area contributed by atoms with Crippen molar-refractivity contribution in [1.29, 1.82) is 0 Å². The summed E-state index contributed by atoms with van der Waals surface area (Å²) in [6.07, 6.45) is 21.1. The van der Waals surface area contributed by atoms with Crippen LogP contribution in [0, 0.1) is 35.5 Å². The van der Waals surface area contributed by atoms with Gasteiger partial charge in [0.2, 0.25) is 0 Å². The molecule has 6 rings (SSSR count). The summed E-state index contributed by atoms with van der Waals surface area (Å²) in [6.45, 7) is 2.41. The lowest BCUT2D eigenvalue weighted by Crippen LogP contribution is -2.51. The van der Waals surface area contributed by atoms with Crippen molar-refractivity contribution in [2.45, 2.75) is 102 Å². The largest absolute Gasteiger partial charge is 0.318 e. The summed E-state index contributed by atoms with van der Waals surface area (Å²) in [7, 11) is -0.802. The zero-order chi connectivity index (χ0) is 18.5. The van der Waals surface area contributed by atoms with Gasteiger partial charge >= 0.3 is 0 Å². The second kappa shape index (κ2) is 8.10. The van der Waals surface area contributed by atoms with Crippen molar-refractivity contribution in [3.05, 3.63) is 0 Å². The van der Waals surface area contributed by atoms with Crippen molar-refractivity contribution in [3.8, 4) is 0 Å². The smallest absolute Gasteiger partial charge is 0.259 e. The van der Waals surface area contributed by atoms with Crippen LogP contribution in [0.4, 0.5) is 0 Å². The molecule has 6 aliphatic rings. The molecule has 0 N–H and O–H groups in total. The van der Waals surface area contributed by atoms with Gasteiger partial charge in [0.25, 0.3) is 8.53 Å². The lowest BCUT2D eigenvalue weighted by Gasteiger charge is -2.53. The van der Waals surface area contributed by atoms with Gasteiger partial charge in [-0.15, -0.1) is 0 Å². The normalized spacial score (nSPS) is 52.1. The second-order valence-corrected chi connectivity index (χ2v) is 12.4. The molecule has 4 heteroatoms. The number of fused-ring (bicyclic) bond motifs is 7. The Morgan fingerprint density at radius 3 is 1.57 bits per heavy atom. The minimum absolute atomic E-state index is 0.502. The number of hydrogen-bond acceptors (Lipinski definition) is 3. The third kappa shape index (κ3) is 3.31. The summed E-state index contributed by atoms with van der Waals surface area (Å²) < 4.78 is 16.6. The van der Waals surface area contributed by atoms with Gasteiger partial charge in [0.05, 0.1) is 12.2 Å². The van der Waals surface area contributed by atoms with Gasteiger partial charge in [-0.3, -0.25) is 0 Å². The maximum absolute atomic E-state index is 6.99. The zero-order valence-corrected chi connectivity index (χ0v) is 18.5. The molecule has 8 unspecified atom stereocenters. The quantitative estimate of drug-likeness (QED) is 0.463. The van der Waals surface area contributed by atoms with Crippen LogP contribution >= 0.6 is 8.53 Å². The first kappa shape index (κ1) is 19.0. The summed E-state index contributed by atoms with van der Waals surface area (Å²) in [5.41, 5.74) is 0. The molecule has 158 valence electrons. The number of rotatable bonds is 1. The maximum Gasteiger partial charge on any atom is 0.259 e. The Morgan fingerprint density at radius 1 is 0.536 bits per heavy atom. The SMILES string of the molecule is C1CCC2C(C1)CCC1OP(N3CCCC3)OC3CCC4CCCCC4C3C12. The predicted octanol–water partition coefficient (Wildman–Crippen LogP) is 6.53. The molecule has 2 aliphatic heterocycles. The van der Waals surface area contributed by atoms with Crippen LogP contribution < -0.4 is 0 Å². The van der Waals surface area contributed by atoms with Crippen molar-refractivity contribution < 1.29 is 9.05 Å². The molecule has 8 atom stereocenters. The van der Waals surface area contributed by atoms with E-state index in [1.807, 2.05) is 0 Å². The molecule has 4 aliphatic carbocycles. The highest BCUT2D eigenvalue weighted by molar-refractivity contribution is 7.44. The van der Waals surface area contributed by atoms with Crippen LogP contribution in [0.3, 0.4) is 0 Å². The Morgan fingerprint density at radius 2 is 1.04 bits per heavy atom. The third-order valence-corrected chi connectivity index (χ3v) is 11.4. The van der Waals surface area contributed by atoms with Crippen LogP contribution in [0.15, 0.2) is 0 Å². The van der Waals surface area contributed by atoms with Gasteiger partial charge in [-0.1, -0.05) is 38.5 Å². The molecule has 0 amide bonds. The van der Waals surface area contributed by atoms with E-state index in [-0.39, 0.29) is 0 Å². The average molecular weight is 406 g/mol. The summed E-state index contributed by atoms with van der Waals surface area (Å²) in [4.78, 5) is 0. The van der Waals surface area contributed by atoms with Gasteiger partial charge in [-0.2, -0.15) is 0 Å². The summed E-state index contributed by atoms with van der Waals surface area (Å²) >= 11 is 0. The maximum atomic E-state index is 6.99. The molecule has 6 fully saturated rings. The molecule has 2 heterocycles. The third-order valence-electron chi connectivity index (χ3n) is 9.64. The van der Waals surface area contributed by atoms with E-state index in [2.05, 4.69) is 4.67 Å². The molecule has 2 saturated heterocycles. The second-order valence-electron chi connectivity index (χ2n) is 10.9. The molecular weight excluding hydrogens is 365 g/mol. The van der Waals surface area contributed by atoms with Crippen LogP contribution in [-0.2, 0) is 9.05 Å². The average Bonchev–Trinajstić information content (AvgIpc) is 3.22. The van der Waals surface area contributed by atoms with E-state index in [0.717, 1.165) is 35.5 Å².